The Bertz CT molecular complexity index is 406. The minimum atomic E-state index is -1.52. The molecule has 1 aromatic rings. The van der Waals surface area contributed by atoms with Gasteiger partial charge >= 0.3 is 14.0 Å². The monoisotopic (exact) mass is 297 g/mol. The van der Waals surface area contributed by atoms with Crippen LogP contribution >= 0.6 is 8.03 Å². The van der Waals surface area contributed by atoms with E-state index in [1.807, 2.05) is 37.3 Å². The molecule has 1 rings (SSSR count). The maximum Gasteiger partial charge on any atom is 0.508 e. The minimum absolute atomic E-state index is 0.178. The molecule has 20 heavy (non-hydrogen) atoms. The van der Waals surface area contributed by atoms with Crippen LogP contribution in [0.3, 0.4) is 0 Å². The maximum atomic E-state index is 11.5. The molecular weight excluding hydrogens is 275 g/mol. The second-order valence-electron chi connectivity index (χ2n) is 4.43. The molecule has 0 amide bonds. The van der Waals surface area contributed by atoms with Crippen LogP contribution in [0, 0.1) is 0 Å². The van der Waals surface area contributed by atoms with E-state index in [1.165, 1.54) is 0 Å². The third-order valence-corrected chi connectivity index (χ3v) is 3.96. The first kappa shape index (κ1) is 16.8. The van der Waals surface area contributed by atoms with Gasteiger partial charge in [0.05, 0.1) is 6.61 Å². The van der Waals surface area contributed by atoms with Gasteiger partial charge in [0, 0.05) is 6.42 Å². The summed E-state index contributed by atoms with van der Waals surface area (Å²) >= 11 is 0. The van der Waals surface area contributed by atoms with Crippen molar-refractivity contribution in [1.82, 2.24) is 0 Å². The number of ether oxygens (including phenoxy) is 1. The first-order valence-electron chi connectivity index (χ1n) is 6.99. The summed E-state index contributed by atoms with van der Waals surface area (Å²) < 4.78 is 21.4. The van der Waals surface area contributed by atoms with E-state index >= 15 is 0 Å². The van der Waals surface area contributed by atoms with Crippen LogP contribution in [-0.2, 0) is 25.2 Å². The van der Waals surface area contributed by atoms with E-state index in [0.717, 1.165) is 24.8 Å². The van der Waals surface area contributed by atoms with Gasteiger partial charge in [-0.2, -0.15) is 0 Å². The summed E-state index contributed by atoms with van der Waals surface area (Å²) in [7, 11) is -1.52. The van der Waals surface area contributed by atoms with Gasteiger partial charge in [-0.3, -0.25) is 4.79 Å². The molecule has 4 nitrogen and oxygen atoms in total. The van der Waals surface area contributed by atoms with Crippen LogP contribution < -0.4 is 0 Å². The highest BCUT2D eigenvalue weighted by atomic mass is 31.1. The summed E-state index contributed by atoms with van der Waals surface area (Å²) in [5.41, 5.74) is 0.995. The Hall–Kier alpha value is -1.25. The predicted molar refractivity (Wildman–Crippen MR) is 78.8 cm³/mol. The number of benzene rings is 1. The number of hydrogen-bond acceptors (Lipinski definition) is 4. The van der Waals surface area contributed by atoms with Gasteiger partial charge in [-0.05, 0) is 36.3 Å². The quantitative estimate of drug-likeness (QED) is 0.371. The third-order valence-electron chi connectivity index (χ3n) is 2.74. The Balaban J connectivity index is 2.02. The number of carbonyl (C=O) groups is 1. The molecular formula is C15H22O4P+. The van der Waals surface area contributed by atoms with Gasteiger partial charge in [-0.25, -0.2) is 0 Å². The highest BCUT2D eigenvalue weighted by molar-refractivity contribution is 7.39. The van der Waals surface area contributed by atoms with Crippen molar-refractivity contribution >= 4 is 14.0 Å². The van der Waals surface area contributed by atoms with E-state index < -0.39 is 8.03 Å². The van der Waals surface area contributed by atoms with Crippen LogP contribution in [0.5, 0.6) is 0 Å². The fourth-order valence-electron chi connectivity index (χ4n) is 1.71. The second kappa shape index (κ2) is 10.5. The number of rotatable bonds is 10. The summed E-state index contributed by atoms with van der Waals surface area (Å²) in [4.78, 5) is 11.5. The highest BCUT2D eigenvalue weighted by Gasteiger charge is 2.14. The fraction of sp³-hybridized carbons (Fsp3) is 0.533. The van der Waals surface area contributed by atoms with Crippen molar-refractivity contribution < 1.29 is 18.6 Å². The normalized spacial score (nSPS) is 11.2. The largest absolute Gasteiger partial charge is 0.508 e. The Labute approximate surface area is 121 Å². The summed E-state index contributed by atoms with van der Waals surface area (Å²) in [6.45, 7) is 2.65. The molecule has 0 saturated carbocycles. The molecule has 1 unspecified atom stereocenters. The minimum Gasteiger partial charge on any atom is -0.461 e. The molecule has 0 saturated heterocycles. The van der Waals surface area contributed by atoms with E-state index in [1.54, 1.807) is 0 Å². The number of esters is 1. The zero-order valence-corrected chi connectivity index (χ0v) is 12.8. The molecule has 0 aliphatic heterocycles. The van der Waals surface area contributed by atoms with Gasteiger partial charge in [0.1, 0.15) is 6.61 Å². The number of hydrogen-bond donors (Lipinski definition) is 0. The van der Waals surface area contributed by atoms with Crippen molar-refractivity contribution in [3.8, 4) is 0 Å². The topological polar surface area (TPSA) is 52.6 Å². The van der Waals surface area contributed by atoms with E-state index in [-0.39, 0.29) is 5.97 Å². The fourth-order valence-corrected chi connectivity index (χ4v) is 2.60. The average molecular weight is 297 g/mol. The summed E-state index contributed by atoms with van der Waals surface area (Å²) in [5, 5.41) is 0. The smallest absolute Gasteiger partial charge is 0.461 e. The SMILES string of the molecule is CCO[P+](=O)CCCCCC(=O)OCc1ccccc1. The lowest BCUT2D eigenvalue weighted by Crippen LogP contribution is -2.04. The van der Waals surface area contributed by atoms with Crippen LogP contribution in [0.25, 0.3) is 0 Å². The first-order valence-corrected chi connectivity index (χ1v) is 8.35. The zero-order chi connectivity index (χ0) is 14.6. The summed E-state index contributed by atoms with van der Waals surface area (Å²) in [6.07, 6.45) is 3.44. The average Bonchev–Trinajstić information content (AvgIpc) is 2.46. The number of carbonyl (C=O) groups excluding carboxylic acids is 1. The molecule has 0 bridgehead atoms. The van der Waals surface area contributed by atoms with Crippen LogP contribution in [0.1, 0.15) is 38.2 Å². The van der Waals surface area contributed by atoms with Crippen molar-refractivity contribution in [3.05, 3.63) is 35.9 Å². The zero-order valence-electron chi connectivity index (χ0n) is 11.9. The molecule has 0 fully saturated rings. The van der Waals surface area contributed by atoms with Crippen molar-refractivity contribution in [3.63, 3.8) is 0 Å². The molecule has 1 aromatic carbocycles. The van der Waals surface area contributed by atoms with Crippen LogP contribution in [-0.4, -0.2) is 18.7 Å². The lowest BCUT2D eigenvalue weighted by atomic mass is 10.2. The van der Waals surface area contributed by atoms with Crippen LogP contribution in [0.4, 0.5) is 0 Å². The second-order valence-corrected chi connectivity index (χ2v) is 5.80. The number of unbranched alkanes of at least 4 members (excludes halogenated alkanes) is 2. The van der Waals surface area contributed by atoms with E-state index in [2.05, 4.69) is 0 Å². The maximum absolute atomic E-state index is 11.5. The molecule has 110 valence electrons. The van der Waals surface area contributed by atoms with Crippen molar-refractivity contribution in [1.29, 1.82) is 0 Å². The Morgan fingerprint density at radius 3 is 2.60 bits per heavy atom. The van der Waals surface area contributed by atoms with Gasteiger partial charge in [0.2, 0.25) is 0 Å². The lowest BCUT2D eigenvalue weighted by Gasteiger charge is -2.04. The first-order chi connectivity index (χ1) is 9.72. The predicted octanol–water partition coefficient (Wildman–Crippen LogP) is 4.07. The van der Waals surface area contributed by atoms with Crippen molar-refractivity contribution in [2.75, 3.05) is 12.8 Å². The Morgan fingerprint density at radius 2 is 1.90 bits per heavy atom. The Kier molecular flexibility index (Phi) is 8.84. The molecule has 0 heterocycles. The standard InChI is InChI=1S/C15H22O4P/c1-2-19-20(17)12-8-4-7-11-15(16)18-13-14-9-5-3-6-10-14/h3,5-6,9-10H,2,4,7-8,11-13H2,1H3/q+1. The van der Waals surface area contributed by atoms with E-state index in [0.29, 0.717) is 25.8 Å². The Morgan fingerprint density at radius 1 is 1.15 bits per heavy atom. The molecule has 0 aromatic heterocycles. The molecule has 5 heteroatoms. The molecule has 0 N–H and O–H groups in total. The summed E-state index contributed by atoms with van der Waals surface area (Å²) in [6, 6.07) is 9.62. The van der Waals surface area contributed by atoms with Crippen LogP contribution in [0.15, 0.2) is 30.3 Å². The van der Waals surface area contributed by atoms with Crippen LogP contribution in [0.2, 0.25) is 0 Å². The molecule has 0 radical (unpaired) electrons. The van der Waals surface area contributed by atoms with Crippen molar-refractivity contribution in [2.24, 2.45) is 0 Å². The van der Waals surface area contributed by atoms with E-state index in [4.69, 9.17) is 9.26 Å². The van der Waals surface area contributed by atoms with Gasteiger partial charge in [0.15, 0.2) is 6.16 Å². The molecule has 0 aliphatic carbocycles. The molecule has 1 atom stereocenters. The lowest BCUT2D eigenvalue weighted by molar-refractivity contribution is -0.145. The summed E-state index contributed by atoms with van der Waals surface area (Å²) in [5.74, 6) is -0.178. The highest BCUT2D eigenvalue weighted by Crippen LogP contribution is 2.23. The van der Waals surface area contributed by atoms with Gasteiger partial charge in [0.25, 0.3) is 0 Å². The molecule has 0 spiro atoms. The van der Waals surface area contributed by atoms with Crippen molar-refractivity contribution in [2.45, 2.75) is 39.2 Å². The third kappa shape index (κ3) is 8.03. The van der Waals surface area contributed by atoms with Gasteiger partial charge < -0.3 is 4.74 Å². The van der Waals surface area contributed by atoms with Gasteiger partial charge in [-0.1, -0.05) is 30.3 Å². The van der Waals surface area contributed by atoms with E-state index in [9.17, 15) is 9.36 Å². The van der Waals surface area contributed by atoms with Gasteiger partial charge in [-0.15, -0.1) is 4.52 Å². The molecule has 0 aliphatic rings.